The van der Waals surface area contributed by atoms with Crippen LogP contribution in [-0.2, 0) is 0 Å². The second-order valence-electron chi connectivity index (χ2n) is 6.93. The molecule has 1 amide bonds. The van der Waals surface area contributed by atoms with Crippen LogP contribution >= 0.6 is 15.9 Å². The fraction of sp³-hybridized carbons (Fsp3) is 0. The van der Waals surface area contributed by atoms with Crippen LogP contribution in [0.4, 0.5) is 5.82 Å². The van der Waals surface area contributed by atoms with Gasteiger partial charge < -0.3 is 10.4 Å². The van der Waals surface area contributed by atoms with Crippen LogP contribution in [0.3, 0.4) is 0 Å². The summed E-state index contributed by atoms with van der Waals surface area (Å²) in [6.45, 7) is 0. The zero-order valence-electron chi connectivity index (χ0n) is 16.1. The summed E-state index contributed by atoms with van der Waals surface area (Å²) in [5.41, 5.74) is 3.27. The van der Waals surface area contributed by atoms with Gasteiger partial charge in [-0.05, 0) is 36.4 Å². The van der Waals surface area contributed by atoms with Gasteiger partial charge in [-0.3, -0.25) is 9.89 Å². The maximum absolute atomic E-state index is 13.3. The fourth-order valence-electron chi connectivity index (χ4n) is 3.35. The van der Waals surface area contributed by atoms with Gasteiger partial charge in [-0.1, -0.05) is 46.3 Å². The van der Waals surface area contributed by atoms with E-state index in [2.05, 4.69) is 36.5 Å². The number of nitrogens with zero attached hydrogens (tertiary/aromatic N) is 3. The van der Waals surface area contributed by atoms with Crippen LogP contribution < -0.4 is 5.32 Å². The predicted octanol–water partition coefficient (Wildman–Crippen LogP) is 5.14. The third-order valence-corrected chi connectivity index (χ3v) is 5.40. The number of aromatic nitrogens is 4. The van der Waals surface area contributed by atoms with Crippen molar-refractivity contribution in [1.29, 1.82) is 0 Å². The van der Waals surface area contributed by atoms with Gasteiger partial charge in [-0.2, -0.15) is 10.2 Å². The van der Waals surface area contributed by atoms with Crippen molar-refractivity contribution < 1.29 is 9.90 Å². The summed E-state index contributed by atoms with van der Waals surface area (Å²) in [6, 6.07) is 22.1. The molecular weight excluding hydrogens is 458 g/mol. The highest BCUT2D eigenvalue weighted by atomic mass is 79.9. The normalized spacial score (nSPS) is 11.0. The molecule has 0 bridgehead atoms. The minimum Gasteiger partial charge on any atom is -0.508 e. The van der Waals surface area contributed by atoms with Crippen LogP contribution in [0.25, 0.3) is 27.8 Å². The van der Waals surface area contributed by atoms with Crippen molar-refractivity contribution in [3.05, 3.63) is 89.0 Å². The molecule has 0 spiro atoms. The lowest BCUT2D eigenvalue weighted by Crippen LogP contribution is -2.12. The van der Waals surface area contributed by atoms with E-state index in [0.717, 1.165) is 15.7 Å². The van der Waals surface area contributed by atoms with Gasteiger partial charge in [0.05, 0.1) is 16.8 Å². The van der Waals surface area contributed by atoms with Gasteiger partial charge in [0.2, 0.25) is 0 Å². The van der Waals surface area contributed by atoms with E-state index in [1.165, 1.54) is 0 Å². The minimum absolute atomic E-state index is 0.121. The summed E-state index contributed by atoms with van der Waals surface area (Å²) in [5, 5.41) is 24.9. The first-order valence-corrected chi connectivity index (χ1v) is 10.3. The Morgan fingerprint density at radius 3 is 2.58 bits per heavy atom. The number of hydrogen-bond donors (Lipinski definition) is 3. The molecule has 31 heavy (non-hydrogen) atoms. The SMILES string of the molecule is O=C(Nc1n[nH]c2cc(O)ccc12)c1cn(-c2ccccc2)nc1-c1ccc(Br)cc1. The number of para-hydroxylation sites is 1. The van der Waals surface area contributed by atoms with Crippen LogP contribution in [0, 0.1) is 0 Å². The summed E-state index contributed by atoms with van der Waals surface area (Å²) in [6.07, 6.45) is 1.71. The smallest absolute Gasteiger partial charge is 0.260 e. The Kier molecular flexibility index (Phi) is 4.76. The molecule has 2 aromatic heterocycles. The Hall–Kier alpha value is -3.91. The van der Waals surface area contributed by atoms with Crippen molar-refractivity contribution in [1.82, 2.24) is 20.0 Å². The van der Waals surface area contributed by atoms with E-state index in [0.29, 0.717) is 28.0 Å². The Bertz CT molecular complexity index is 1390. The number of hydrogen-bond acceptors (Lipinski definition) is 4. The van der Waals surface area contributed by atoms with Gasteiger partial charge in [0.25, 0.3) is 5.91 Å². The number of anilines is 1. The number of benzene rings is 3. The molecule has 0 radical (unpaired) electrons. The second kappa shape index (κ2) is 7.73. The highest BCUT2D eigenvalue weighted by molar-refractivity contribution is 9.10. The van der Waals surface area contributed by atoms with E-state index in [1.807, 2.05) is 54.6 Å². The average Bonchev–Trinajstić information content (AvgIpc) is 3.39. The number of phenols is 1. The first-order chi connectivity index (χ1) is 15.1. The van der Waals surface area contributed by atoms with Crippen LogP contribution in [0.5, 0.6) is 5.75 Å². The number of fused-ring (bicyclic) bond motifs is 1. The third kappa shape index (κ3) is 3.69. The van der Waals surface area contributed by atoms with E-state index in [-0.39, 0.29) is 11.7 Å². The number of aromatic hydroxyl groups is 1. The molecule has 8 heteroatoms. The number of nitrogens with one attached hydrogen (secondary N) is 2. The van der Waals surface area contributed by atoms with Gasteiger partial charge in [0.1, 0.15) is 11.4 Å². The average molecular weight is 474 g/mol. The van der Waals surface area contributed by atoms with Crippen LogP contribution in [0.2, 0.25) is 0 Å². The van der Waals surface area contributed by atoms with Crippen LogP contribution in [0.1, 0.15) is 10.4 Å². The molecule has 0 atom stereocenters. The number of carbonyl (C=O) groups is 1. The Labute approximate surface area is 185 Å². The zero-order valence-corrected chi connectivity index (χ0v) is 17.7. The predicted molar refractivity (Wildman–Crippen MR) is 122 cm³/mol. The fourth-order valence-corrected chi connectivity index (χ4v) is 3.62. The quantitative estimate of drug-likeness (QED) is 0.336. The van der Waals surface area contributed by atoms with Crippen molar-refractivity contribution in [2.45, 2.75) is 0 Å². The van der Waals surface area contributed by atoms with Crippen molar-refractivity contribution >= 4 is 38.6 Å². The van der Waals surface area contributed by atoms with Crippen LogP contribution in [0.15, 0.2) is 83.5 Å². The Morgan fingerprint density at radius 1 is 1.03 bits per heavy atom. The lowest BCUT2D eigenvalue weighted by Gasteiger charge is -2.04. The lowest BCUT2D eigenvalue weighted by molar-refractivity contribution is 0.102. The van der Waals surface area contributed by atoms with E-state index in [1.54, 1.807) is 29.1 Å². The van der Waals surface area contributed by atoms with Crippen molar-refractivity contribution in [2.75, 3.05) is 5.32 Å². The molecule has 2 heterocycles. The molecular formula is C23H16BrN5O2. The first-order valence-electron chi connectivity index (χ1n) is 9.48. The second-order valence-corrected chi connectivity index (χ2v) is 7.85. The number of phenolic OH excluding ortho intramolecular Hbond substituents is 1. The number of halogens is 1. The monoisotopic (exact) mass is 473 g/mol. The van der Waals surface area contributed by atoms with Crippen molar-refractivity contribution in [3.63, 3.8) is 0 Å². The largest absolute Gasteiger partial charge is 0.508 e. The molecule has 7 nitrogen and oxygen atoms in total. The molecule has 0 unspecified atom stereocenters. The van der Waals surface area contributed by atoms with Gasteiger partial charge in [0, 0.05) is 27.7 Å². The summed E-state index contributed by atoms with van der Waals surface area (Å²) in [4.78, 5) is 13.3. The zero-order chi connectivity index (χ0) is 21.4. The van der Waals surface area contributed by atoms with Gasteiger partial charge in [-0.25, -0.2) is 4.68 Å². The molecule has 0 fully saturated rings. The molecule has 0 aliphatic rings. The Morgan fingerprint density at radius 2 is 1.81 bits per heavy atom. The molecule has 3 N–H and O–H groups in total. The van der Waals surface area contributed by atoms with E-state index >= 15 is 0 Å². The van der Waals surface area contributed by atoms with E-state index < -0.39 is 0 Å². The highest BCUT2D eigenvalue weighted by Gasteiger charge is 2.20. The number of rotatable bonds is 4. The molecule has 152 valence electrons. The third-order valence-electron chi connectivity index (χ3n) is 4.88. The molecule has 0 aliphatic carbocycles. The lowest BCUT2D eigenvalue weighted by atomic mass is 10.1. The summed E-state index contributed by atoms with van der Waals surface area (Å²) in [5.74, 6) is 0.173. The topological polar surface area (TPSA) is 95.8 Å². The first kappa shape index (κ1) is 19.1. The summed E-state index contributed by atoms with van der Waals surface area (Å²) >= 11 is 3.44. The molecule has 0 aliphatic heterocycles. The van der Waals surface area contributed by atoms with Gasteiger partial charge in [0.15, 0.2) is 5.82 Å². The van der Waals surface area contributed by atoms with E-state index in [9.17, 15) is 9.90 Å². The van der Waals surface area contributed by atoms with Gasteiger partial charge in [-0.15, -0.1) is 0 Å². The molecule has 5 rings (SSSR count). The number of amides is 1. The van der Waals surface area contributed by atoms with E-state index in [4.69, 9.17) is 0 Å². The molecule has 5 aromatic rings. The maximum atomic E-state index is 13.3. The number of aromatic amines is 1. The number of H-pyrrole nitrogens is 1. The van der Waals surface area contributed by atoms with Gasteiger partial charge >= 0.3 is 0 Å². The molecule has 0 saturated heterocycles. The standard InChI is InChI=1S/C23H16BrN5O2/c24-15-8-6-14(7-9-15)21-19(13-29(28-21)16-4-2-1-3-5-16)23(31)25-22-18-11-10-17(30)12-20(18)26-27-22/h1-13,30H,(H2,25,26,27,31). The molecule has 3 aromatic carbocycles. The molecule has 0 saturated carbocycles. The summed E-state index contributed by atoms with van der Waals surface area (Å²) in [7, 11) is 0. The highest BCUT2D eigenvalue weighted by Crippen LogP contribution is 2.28. The number of carbonyl (C=O) groups excluding carboxylic acids is 1. The Balaban J connectivity index is 1.56. The maximum Gasteiger partial charge on any atom is 0.260 e. The van der Waals surface area contributed by atoms with Crippen molar-refractivity contribution in [2.24, 2.45) is 0 Å². The summed E-state index contributed by atoms with van der Waals surface area (Å²) < 4.78 is 2.63. The minimum atomic E-state index is -0.332. The van der Waals surface area contributed by atoms with Crippen molar-refractivity contribution in [3.8, 4) is 22.7 Å². The van der Waals surface area contributed by atoms with Crippen LogP contribution in [-0.4, -0.2) is 31.0 Å².